The Kier molecular flexibility index (Phi) is 4.42. The third-order valence-electron chi connectivity index (χ3n) is 3.89. The molecule has 0 fully saturated rings. The molecule has 0 bridgehead atoms. The summed E-state index contributed by atoms with van der Waals surface area (Å²) in [5.41, 5.74) is 2.29. The molecule has 1 aromatic heterocycles. The molecule has 1 unspecified atom stereocenters. The van der Waals surface area contributed by atoms with Crippen molar-refractivity contribution < 1.29 is 9.32 Å². The van der Waals surface area contributed by atoms with Crippen molar-refractivity contribution in [2.45, 2.75) is 12.8 Å². The molecule has 0 aliphatic carbocycles. The van der Waals surface area contributed by atoms with Crippen molar-refractivity contribution >= 4 is 11.7 Å². The number of aromatic nitrogens is 2. The minimum absolute atomic E-state index is 0.00385. The third-order valence-corrected chi connectivity index (χ3v) is 3.89. The van der Waals surface area contributed by atoms with Gasteiger partial charge in [0.1, 0.15) is 0 Å². The molecular formula is C19H19N3O2. The SMILES string of the molecule is CC(c1cccc(C(=O)c2ccccc2)c1)c1nc(N(C)C)no1. The van der Waals surface area contributed by atoms with Crippen LogP contribution in [0.1, 0.15) is 40.2 Å². The van der Waals surface area contributed by atoms with E-state index in [1.807, 2.05) is 75.6 Å². The lowest BCUT2D eigenvalue weighted by Crippen LogP contribution is -2.10. The van der Waals surface area contributed by atoms with E-state index in [-0.39, 0.29) is 11.7 Å². The number of carbonyl (C=O) groups excluding carboxylic acids is 1. The van der Waals surface area contributed by atoms with Crippen LogP contribution in [0.4, 0.5) is 5.95 Å². The zero-order valence-electron chi connectivity index (χ0n) is 13.9. The van der Waals surface area contributed by atoms with E-state index in [4.69, 9.17) is 4.52 Å². The van der Waals surface area contributed by atoms with Gasteiger partial charge in [0.25, 0.3) is 5.95 Å². The Morgan fingerprint density at radius 2 is 1.75 bits per heavy atom. The number of rotatable bonds is 5. The zero-order valence-corrected chi connectivity index (χ0v) is 13.9. The second-order valence-corrected chi connectivity index (χ2v) is 5.87. The largest absolute Gasteiger partial charge is 0.344 e. The summed E-state index contributed by atoms with van der Waals surface area (Å²) in [6, 6.07) is 16.8. The maximum absolute atomic E-state index is 12.6. The minimum Gasteiger partial charge on any atom is -0.344 e. The molecule has 24 heavy (non-hydrogen) atoms. The van der Waals surface area contributed by atoms with Crippen LogP contribution in [0.2, 0.25) is 0 Å². The summed E-state index contributed by atoms with van der Waals surface area (Å²) in [6.07, 6.45) is 0. The molecule has 0 radical (unpaired) electrons. The average Bonchev–Trinajstić information content (AvgIpc) is 3.12. The molecule has 5 heteroatoms. The smallest absolute Gasteiger partial charge is 0.265 e. The molecule has 0 saturated heterocycles. The lowest BCUT2D eigenvalue weighted by atomic mass is 9.95. The normalized spacial score (nSPS) is 12.0. The number of anilines is 1. The highest BCUT2D eigenvalue weighted by Crippen LogP contribution is 2.25. The van der Waals surface area contributed by atoms with Gasteiger partial charge in [0, 0.05) is 25.2 Å². The van der Waals surface area contributed by atoms with Gasteiger partial charge in [-0.05, 0) is 23.7 Å². The van der Waals surface area contributed by atoms with Gasteiger partial charge >= 0.3 is 0 Å². The Morgan fingerprint density at radius 3 is 2.42 bits per heavy atom. The molecule has 122 valence electrons. The third kappa shape index (κ3) is 3.20. The second kappa shape index (κ2) is 6.66. The molecule has 0 N–H and O–H groups in total. The first-order valence-electron chi connectivity index (χ1n) is 7.77. The van der Waals surface area contributed by atoms with E-state index in [1.165, 1.54) is 0 Å². The first kappa shape index (κ1) is 15.9. The maximum Gasteiger partial charge on any atom is 0.265 e. The van der Waals surface area contributed by atoms with Crippen molar-refractivity contribution in [3.05, 3.63) is 77.2 Å². The Morgan fingerprint density at radius 1 is 1.04 bits per heavy atom. The highest BCUT2D eigenvalue weighted by molar-refractivity contribution is 6.09. The Labute approximate surface area is 140 Å². The van der Waals surface area contributed by atoms with E-state index in [1.54, 1.807) is 4.90 Å². The van der Waals surface area contributed by atoms with Crippen LogP contribution < -0.4 is 4.90 Å². The van der Waals surface area contributed by atoms with Crippen LogP contribution in [0, 0.1) is 0 Å². The van der Waals surface area contributed by atoms with Crippen LogP contribution in [0.25, 0.3) is 0 Å². The zero-order chi connectivity index (χ0) is 17.1. The molecule has 0 spiro atoms. The Bertz CT molecular complexity index is 841. The van der Waals surface area contributed by atoms with E-state index < -0.39 is 0 Å². The number of benzene rings is 2. The number of carbonyl (C=O) groups is 1. The fourth-order valence-electron chi connectivity index (χ4n) is 2.43. The van der Waals surface area contributed by atoms with Gasteiger partial charge < -0.3 is 9.42 Å². The molecule has 0 aliphatic heterocycles. The molecule has 3 aromatic rings. The van der Waals surface area contributed by atoms with Crippen molar-refractivity contribution in [2.75, 3.05) is 19.0 Å². The summed E-state index contributed by atoms with van der Waals surface area (Å²) < 4.78 is 5.34. The van der Waals surface area contributed by atoms with Crippen molar-refractivity contribution in [2.24, 2.45) is 0 Å². The average molecular weight is 321 g/mol. The number of nitrogens with zero attached hydrogens (tertiary/aromatic N) is 3. The highest BCUT2D eigenvalue weighted by Gasteiger charge is 2.18. The predicted octanol–water partition coefficient (Wildman–Crippen LogP) is 3.52. The fourth-order valence-corrected chi connectivity index (χ4v) is 2.43. The maximum atomic E-state index is 12.6. The van der Waals surface area contributed by atoms with Gasteiger partial charge in [-0.15, -0.1) is 0 Å². The summed E-state index contributed by atoms with van der Waals surface area (Å²) in [6.45, 7) is 1.99. The Hall–Kier alpha value is -2.95. The molecule has 5 nitrogen and oxygen atoms in total. The lowest BCUT2D eigenvalue weighted by Gasteiger charge is -2.09. The summed E-state index contributed by atoms with van der Waals surface area (Å²) in [5, 5.41) is 3.94. The fraction of sp³-hybridized carbons (Fsp3) is 0.211. The highest BCUT2D eigenvalue weighted by atomic mass is 16.5. The van der Waals surface area contributed by atoms with Gasteiger partial charge in [0.05, 0.1) is 5.92 Å². The van der Waals surface area contributed by atoms with Crippen molar-refractivity contribution in [3.63, 3.8) is 0 Å². The monoisotopic (exact) mass is 321 g/mol. The number of hydrogen-bond donors (Lipinski definition) is 0. The van der Waals surface area contributed by atoms with Crippen LogP contribution in [-0.2, 0) is 0 Å². The molecule has 3 rings (SSSR count). The first-order chi connectivity index (χ1) is 11.6. The summed E-state index contributed by atoms with van der Waals surface area (Å²) in [5.74, 6) is 0.982. The summed E-state index contributed by atoms with van der Waals surface area (Å²) in [4.78, 5) is 18.8. The molecule has 0 aliphatic rings. The second-order valence-electron chi connectivity index (χ2n) is 5.87. The van der Waals surface area contributed by atoms with Gasteiger partial charge in [-0.3, -0.25) is 4.79 Å². The molecule has 2 aromatic carbocycles. The predicted molar refractivity (Wildman–Crippen MR) is 92.5 cm³/mol. The van der Waals surface area contributed by atoms with E-state index in [2.05, 4.69) is 10.1 Å². The summed E-state index contributed by atoms with van der Waals surface area (Å²) >= 11 is 0. The van der Waals surface area contributed by atoms with Gasteiger partial charge in [0.2, 0.25) is 5.89 Å². The quantitative estimate of drug-likeness (QED) is 0.673. The Balaban J connectivity index is 1.88. The van der Waals surface area contributed by atoms with E-state index in [0.717, 1.165) is 5.56 Å². The van der Waals surface area contributed by atoms with Gasteiger partial charge in [-0.1, -0.05) is 48.5 Å². The number of hydrogen-bond acceptors (Lipinski definition) is 5. The lowest BCUT2D eigenvalue weighted by molar-refractivity contribution is 0.103. The minimum atomic E-state index is -0.0882. The molecule has 0 amide bonds. The van der Waals surface area contributed by atoms with Crippen molar-refractivity contribution in [1.29, 1.82) is 0 Å². The van der Waals surface area contributed by atoms with Crippen molar-refractivity contribution in [1.82, 2.24) is 10.1 Å². The van der Waals surface area contributed by atoms with Crippen LogP contribution in [0.3, 0.4) is 0 Å². The van der Waals surface area contributed by atoms with Gasteiger partial charge in [-0.2, -0.15) is 4.98 Å². The van der Waals surface area contributed by atoms with E-state index in [9.17, 15) is 4.79 Å². The van der Waals surface area contributed by atoms with Crippen LogP contribution in [0.5, 0.6) is 0 Å². The van der Waals surface area contributed by atoms with Crippen LogP contribution in [0.15, 0.2) is 59.1 Å². The van der Waals surface area contributed by atoms with Crippen molar-refractivity contribution in [3.8, 4) is 0 Å². The van der Waals surface area contributed by atoms with Crippen LogP contribution >= 0.6 is 0 Å². The van der Waals surface area contributed by atoms with E-state index in [0.29, 0.717) is 23.0 Å². The molecule has 0 saturated carbocycles. The van der Waals surface area contributed by atoms with E-state index >= 15 is 0 Å². The van der Waals surface area contributed by atoms with Gasteiger partial charge in [0.15, 0.2) is 5.78 Å². The summed E-state index contributed by atoms with van der Waals surface area (Å²) in [7, 11) is 3.72. The molecular weight excluding hydrogens is 302 g/mol. The molecule has 1 heterocycles. The topological polar surface area (TPSA) is 59.2 Å². The molecule has 1 atom stereocenters. The first-order valence-corrected chi connectivity index (χ1v) is 7.77. The van der Waals surface area contributed by atoms with Gasteiger partial charge in [-0.25, -0.2) is 0 Å². The number of ketones is 1. The standard InChI is InChI=1S/C19H19N3O2/c1-13(18-20-19(21-24-18)22(2)3)15-10-7-11-16(12-15)17(23)14-8-5-4-6-9-14/h4-13H,1-3H3. The van der Waals surface area contributed by atoms with Crippen LogP contribution in [-0.4, -0.2) is 30.0 Å².